The number of hydrogen-bond donors (Lipinski definition) is 2. The predicted octanol–water partition coefficient (Wildman–Crippen LogP) is -0.180. The Bertz CT molecular complexity index is 963. The summed E-state index contributed by atoms with van der Waals surface area (Å²) in [6.45, 7) is 0. The highest BCUT2D eigenvalue weighted by Crippen LogP contribution is 2.22. The topological polar surface area (TPSA) is 161 Å². The van der Waals surface area contributed by atoms with E-state index in [-0.39, 0.29) is 9.69 Å². The lowest BCUT2D eigenvalue weighted by molar-refractivity contribution is -0.0441. The summed E-state index contributed by atoms with van der Waals surface area (Å²) in [7, 11) is -16.9. The van der Waals surface area contributed by atoms with Crippen molar-refractivity contribution in [3.8, 4) is 5.75 Å². The average molecular weight is 427 g/mol. The van der Waals surface area contributed by atoms with Crippen molar-refractivity contribution in [2.24, 2.45) is 0 Å². The van der Waals surface area contributed by atoms with Gasteiger partial charge in [-0.15, -0.1) is 0 Å². The Morgan fingerprint density at radius 2 is 1.52 bits per heavy atom. The fourth-order valence-corrected chi connectivity index (χ4v) is 5.71. The summed E-state index contributed by atoms with van der Waals surface area (Å²) in [5.41, 5.74) is -6.23. The third kappa shape index (κ3) is 6.15. The number of aromatic carboxylic acids is 1. The minimum atomic E-state index is -6.34. The first-order valence-corrected chi connectivity index (χ1v) is 10.3. The van der Waals surface area contributed by atoms with Crippen LogP contribution in [0.5, 0.6) is 5.75 Å². The van der Waals surface area contributed by atoms with E-state index in [1.165, 1.54) is 0 Å². The second kappa shape index (κ2) is 6.77. The molecule has 0 radical (unpaired) electrons. The summed E-state index contributed by atoms with van der Waals surface area (Å²) < 4.78 is 108. The molecule has 0 aliphatic carbocycles. The molecule has 0 atom stereocenters. The van der Waals surface area contributed by atoms with Gasteiger partial charge in [0.05, 0.1) is 5.56 Å². The molecule has 1 aromatic carbocycles. The molecule has 16 heteroatoms. The third-order valence-corrected chi connectivity index (χ3v) is 7.51. The molecule has 25 heavy (non-hydrogen) atoms. The van der Waals surface area contributed by atoms with Gasteiger partial charge in [-0.25, -0.2) is 21.6 Å². The van der Waals surface area contributed by atoms with E-state index in [0.29, 0.717) is 0 Å². The Balaban J connectivity index is 2.95. The van der Waals surface area contributed by atoms with Crippen molar-refractivity contribution in [1.29, 1.82) is 0 Å². The molecule has 0 heterocycles. The quantitative estimate of drug-likeness (QED) is 0.562. The number of rotatable bonds is 7. The fourth-order valence-electron chi connectivity index (χ4n) is 1.25. The van der Waals surface area contributed by atoms with Crippen molar-refractivity contribution in [3.63, 3.8) is 0 Å². The number of carboxylic acid groups (broad SMARTS) is 1. The molecule has 0 aliphatic heterocycles. The number of halogens is 3. The van der Waals surface area contributed by atoms with Crippen LogP contribution >= 0.6 is 0 Å². The Hall–Kier alpha value is -1.91. The number of carbonyl (C=O) groups is 1. The number of hydrogen-bond acceptors (Lipinski definition) is 8. The number of benzene rings is 1. The first-order chi connectivity index (χ1) is 11.0. The summed E-state index contributed by atoms with van der Waals surface area (Å²) in [5, 5.41) is 6.51. The van der Waals surface area contributed by atoms with Crippen molar-refractivity contribution < 1.29 is 52.5 Å². The van der Waals surface area contributed by atoms with E-state index < -0.39 is 52.5 Å². The van der Waals surface area contributed by atoms with Crippen LogP contribution in [0.4, 0.5) is 13.2 Å². The van der Waals surface area contributed by atoms with Crippen LogP contribution in [0.1, 0.15) is 10.4 Å². The molecule has 0 saturated heterocycles. The van der Waals surface area contributed by atoms with Gasteiger partial charge in [0.2, 0.25) is 15.1 Å². The molecule has 0 unspecified atom stereocenters. The van der Waals surface area contributed by atoms with Crippen LogP contribution in [0, 0.1) is 0 Å². The maximum Gasteiger partial charge on any atom is 0.512 e. The predicted molar refractivity (Wildman–Crippen MR) is 74.8 cm³/mol. The summed E-state index contributed by atoms with van der Waals surface area (Å²) in [5.74, 6) is -1.89. The van der Waals surface area contributed by atoms with Gasteiger partial charge in [-0.1, -0.05) is 4.13 Å². The molecule has 0 aromatic heterocycles. The summed E-state index contributed by atoms with van der Waals surface area (Å²) >= 11 is 0. The highest BCUT2D eigenvalue weighted by Gasteiger charge is 2.48. The summed E-state index contributed by atoms with van der Waals surface area (Å²) in [6.07, 6.45) is 0. The van der Waals surface area contributed by atoms with Crippen molar-refractivity contribution >= 4 is 36.1 Å². The number of alkyl halides is 3. The Morgan fingerprint density at radius 1 is 1.04 bits per heavy atom. The van der Waals surface area contributed by atoms with Gasteiger partial charge >= 0.3 is 31.6 Å². The molecular formula is C9H8F3NO9S3. The second-order valence-electron chi connectivity index (χ2n) is 4.24. The van der Waals surface area contributed by atoms with Crippen LogP contribution in [0.3, 0.4) is 0 Å². The van der Waals surface area contributed by atoms with Crippen LogP contribution in [0.2, 0.25) is 0 Å². The molecule has 0 amide bonds. The van der Waals surface area contributed by atoms with Crippen LogP contribution in [0.25, 0.3) is 0 Å². The molecule has 0 saturated carbocycles. The smallest absolute Gasteiger partial charge is 0.478 e. The van der Waals surface area contributed by atoms with Gasteiger partial charge in [-0.3, -0.25) is 0 Å². The lowest BCUT2D eigenvalue weighted by Crippen LogP contribution is -2.42. The standard InChI is InChI=1S/C9H8F3NO9S3/c10-9(11,12)25(20,21)13-23(16,17)5-24(18,19)22-7-3-1-6(2-4-7)8(14)15/h1-4,13H,5H2,(H,14,15). The maximum atomic E-state index is 12.1. The molecule has 142 valence electrons. The monoisotopic (exact) mass is 427 g/mol. The molecule has 10 nitrogen and oxygen atoms in total. The SMILES string of the molecule is O=C(O)c1ccc(OS(=O)(=O)CS(=O)(=O)NS(=O)(=O)C(F)(F)F)cc1. The van der Waals surface area contributed by atoms with Gasteiger partial charge in [-0.2, -0.15) is 21.6 Å². The van der Waals surface area contributed by atoms with Gasteiger partial charge in [0.1, 0.15) is 5.75 Å². The molecular weight excluding hydrogens is 419 g/mol. The van der Waals surface area contributed by atoms with E-state index in [1.54, 1.807) is 0 Å². The third-order valence-electron chi connectivity index (χ3n) is 2.17. The van der Waals surface area contributed by atoms with E-state index in [2.05, 4.69) is 4.18 Å². The van der Waals surface area contributed by atoms with E-state index in [1.807, 2.05) is 0 Å². The molecule has 1 rings (SSSR count). The molecule has 0 bridgehead atoms. The number of sulfonamides is 2. The molecule has 1 aromatic rings. The molecule has 2 N–H and O–H groups in total. The number of nitrogens with one attached hydrogen (secondary N) is 1. The highest BCUT2D eigenvalue weighted by atomic mass is 32.3. The van der Waals surface area contributed by atoms with E-state index in [0.717, 1.165) is 24.3 Å². The van der Waals surface area contributed by atoms with Crippen molar-refractivity contribution in [2.45, 2.75) is 5.51 Å². The van der Waals surface area contributed by atoms with E-state index in [9.17, 15) is 43.2 Å². The van der Waals surface area contributed by atoms with Gasteiger partial charge in [-0.05, 0) is 24.3 Å². The minimum absolute atomic E-state index is 0.221. The Morgan fingerprint density at radius 3 is 1.92 bits per heavy atom. The largest absolute Gasteiger partial charge is 0.512 e. The average Bonchev–Trinajstić information content (AvgIpc) is 2.34. The first kappa shape index (κ1) is 21.1. The highest BCUT2D eigenvalue weighted by molar-refractivity contribution is 8.11. The summed E-state index contributed by atoms with van der Waals surface area (Å²) in [6, 6.07) is 3.50. The molecule has 0 fully saturated rings. The van der Waals surface area contributed by atoms with Gasteiger partial charge in [0.25, 0.3) is 0 Å². The van der Waals surface area contributed by atoms with Gasteiger partial charge in [0.15, 0.2) is 0 Å². The maximum absolute atomic E-state index is 12.1. The zero-order valence-electron chi connectivity index (χ0n) is 11.6. The zero-order chi connectivity index (χ0) is 19.7. The molecule has 0 spiro atoms. The normalized spacial score (nSPS) is 13.4. The lowest BCUT2D eigenvalue weighted by Gasteiger charge is -2.11. The first-order valence-electron chi connectivity index (χ1n) is 5.63. The van der Waals surface area contributed by atoms with Crippen LogP contribution in [-0.2, 0) is 30.2 Å². The van der Waals surface area contributed by atoms with E-state index >= 15 is 0 Å². The number of carboxylic acids is 1. The van der Waals surface area contributed by atoms with Crippen LogP contribution < -0.4 is 8.31 Å². The Labute approximate surface area is 139 Å². The minimum Gasteiger partial charge on any atom is -0.478 e. The summed E-state index contributed by atoms with van der Waals surface area (Å²) in [4.78, 5) is 10.6. The second-order valence-corrected chi connectivity index (χ2v) is 9.83. The molecule has 0 aliphatic rings. The van der Waals surface area contributed by atoms with Gasteiger partial charge in [0, 0.05) is 0 Å². The lowest BCUT2D eigenvalue weighted by atomic mass is 10.2. The van der Waals surface area contributed by atoms with Crippen LogP contribution in [-0.4, -0.2) is 46.9 Å². The fraction of sp³-hybridized carbons (Fsp3) is 0.222. The Kier molecular flexibility index (Phi) is 5.72. The van der Waals surface area contributed by atoms with Crippen molar-refractivity contribution in [2.75, 3.05) is 5.08 Å². The van der Waals surface area contributed by atoms with Gasteiger partial charge < -0.3 is 9.29 Å². The van der Waals surface area contributed by atoms with E-state index in [4.69, 9.17) is 5.11 Å². The van der Waals surface area contributed by atoms with Crippen LogP contribution in [0.15, 0.2) is 24.3 Å². The zero-order valence-corrected chi connectivity index (χ0v) is 14.0. The van der Waals surface area contributed by atoms with Crippen molar-refractivity contribution in [1.82, 2.24) is 4.13 Å². The van der Waals surface area contributed by atoms with Crippen molar-refractivity contribution in [3.05, 3.63) is 29.8 Å².